The normalized spacial score (nSPS) is 11.5. The van der Waals surface area contributed by atoms with Gasteiger partial charge in [0, 0.05) is 53.6 Å². The van der Waals surface area contributed by atoms with E-state index >= 15 is 0 Å². The number of hydrogen-bond donors (Lipinski definition) is 2. The zero-order valence-electron chi connectivity index (χ0n) is 14.7. The fourth-order valence-electron chi connectivity index (χ4n) is 3.78. The largest absolute Gasteiger partial charge is 0.360 e. The molecule has 136 valence electrons. The molecule has 5 rings (SSSR count). The fourth-order valence-corrected chi connectivity index (χ4v) is 3.78. The molecule has 4 heterocycles. The summed E-state index contributed by atoms with van der Waals surface area (Å²) in [5.74, 6) is -0.104. The van der Waals surface area contributed by atoms with Gasteiger partial charge in [-0.3, -0.25) is 20.1 Å². The van der Waals surface area contributed by atoms with E-state index in [1.807, 2.05) is 36.7 Å². The molecule has 0 unspecified atom stereocenters. The van der Waals surface area contributed by atoms with Crippen LogP contribution < -0.4 is 0 Å². The van der Waals surface area contributed by atoms with Crippen molar-refractivity contribution in [2.24, 2.45) is 0 Å². The van der Waals surface area contributed by atoms with Gasteiger partial charge in [-0.15, -0.1) is 0 Å². The molecule has 0 amide bonds. The van der Waals surface area contributed by atoms with E-state index < -0.39 is 0 Å². The van der Waals surface area contributed by atoms with Crippen LogP contribution in [0.15, 0.2) is 73.6 Å². The quantitative estimate of drug-likeness (QED) is 0.359. The monoisotopic (exact) mass is 369 g/mol. The molecule has 7 nitrogen and oxygen atoms in total. The van der Waals surface area contributed by atoms with Gasteiger partial charge >= 0.3 is 0 Å². The molecule has 0 fully saturated rings. The van der Waals surface area contributed by atoms with Gasteiger partial charge in [-0.05, 0) is 28.8 Å². The summed E-state index contributed by atoms with van der Waals surface area (Å²) in [6.45, 7) is 0. The average molecular weight is 369 g/mol. The molecule has 7 heteroatoms. The van der Waals surface area contributed by atoms with Crippen LogP contribution in [-0.2, 0) is 0 Å². The van der Waals surface area contributed by atoms with Crippen molar-refractivity contribution in [3.63, 3.8) is 0 Å². The van der Waals surface area contributed by atoms with E-state index in [9.17, 15) is 10.1 Å². The number of nitro groups is 1. The number of aromatic nitrogens is 4. The molecule has 0 radical (unpaired) electrons. The number of nitro benzene ring substituents is 1. The highest BCUT2D eigenvalue weighted by atomic mass is 16.6. The van der Waals surface area contributed by atoms with E-state index in [0.717, 1.165) is 38.5 Å². The number of nitrogens with zero attached hydrogens (tertiary/aromatic N) is 3. The molecule has 1 aromatic carbocycles. The third-order valence-electron chi connectivity index (χ3n) is 5.09. The van der Waals surface area contributed by atoms with Crippen LogP contribution in [0, 0.1) is 10.1 Å². The molecule has 0 spiro atoms. The maximum Gasteiger partial charge on any atom is 0.269 e. The average Bonchev–Trinajstić information content (AvgIpc) is 3.34. The third kappa shape index (κ3) is 2.52. The van der Waals surface area contributed by atoms with Gasteiger partial charge in [0.1, 0.15) is 0 Å². The number of rotatable bonds is 4. The number of pyridine rings is 2. The van der Waals surface area contributed by atoms with Gasteiger partial charge in [0.25, 0.3) is 5.69 Å². The van der Waals surface area contributed by atoms with E-state index in [4.69, 9.17) is 0 Å². The van der Waals surface area contributed by atoms with Gasteiger partial charge < -0.3 is 9.97 Å². The molecule has 0 saturated heterocycles. The molecule has 5 aromatic rings. The van der Waals surface area contributed by atoms with Crippen LogP contribution in [0.1, 0.15) is 22.6 Å². The number of benzene rings is 1. The van der Waals surface area contributed by atoms with Gasteiger partial charge in [-0.1, -0.05) is 12.1 Å². The Labute approximate surface area is 159 Å². The van der Waals surface area contributed by atoms with Crippen molar-refractivity contribution in [3.05, 3.63) is 100 Å². The third-order valence-corrected chi connectivity index (χ3v) is 5.09. The zero-order valence-corrected chi connectivity index (χ0v) is 14.7. The number of nitrogens with one attached hydrogen (secondary N) is 2. The van der Waals surface area contributed by atoms with Crippen molar-refractivity contribution in [1.82, 2.24) is 19.9 Å². The van der Waals surface area contributed by atoms with Crippen LogP contribution in [0.2, 0.25) is 0 Å². The first-order chi connectivity index (χ1) is 13.7. The second-order valence-corrected chi connectivity index (χ2v) is 6.61. The number of non-ortho nitro benzene ring substituents is 1. The molecule has 28 heavy (non-hydrogen) atoms. The van der Waals surface area contributed by atoms with Crippen molar-refractivity contribution < 1.29 is 4.92 Å². The van der Waals surface area contributed by atoms with E-state index in [2.05, 4.69) is 19.9 Å². The standard InChI is InChI=1S/C21H15N5O2/c27-26(28)14-3-1-13(2-4-14)21(17-9-24-19-11-22-7-5-15(17)19)18-10-25-20-12-23-8-6-16(18)20/h1-12,21,24-25H. The van der Waals surface area contributed by atoms with Gasteiger partial charge in [0.15, 0.2) is 0 Å². The minimum absolute atomic E-state index is 0.0775. The fraction of sp³-hybridized carbons (Fsp3) is 0.0476. The predicted octanol–water partition coefficient (Wildman–Crippen LogP) is 4.53. The predicted molar refractivity (Wildman–Crippen MR) is 106 cm³/mol. The maximum atomic E-state index is 11.1. The minimum Gasteiger partial charge on any atom is -0.360 e. The van der Waals surface area contributed by atoms with Crippen LogP contribution in [0.3, 0.4) is 0 Å². The lowest BCUT2D eigenvalue weighted by Gasteiger charge is -2.17. The molecular weight excluding hydrogens is 354 g/mol. The number of hydrogen-bond acceptors (Lipinski definition) is 4. The van der Waals surface area contributed by atoms with Crippen LogP contribution in [0.25, 0.3) is 21.8 Å². The molecule has 0 aliphatic heterocycles. The Bertz CT molecular complexity index is 1230. The number of H-pyrrole nitrogens is 2. The molecule has 4 aromatic heterocycles. The first-order valence-electron chi connectivity index (χ1n) is 8.79. The summed E-state index contributed by atoms with van der Waals surface area (Å²) in [6, 6.07) is 10.7. The smallest absolute Gasteiger partial charge is 0.269 e. The lowest BCUT2D eigenvalue weighted by atomic mass is 9.85. The molecule has 0 aliphatic carbocycles. The van der Waals surface area contributed by atoms with E-state index in [0.29, 0.717) is 0 Å². The van der Waals surface area contributed by atoms with Gasteiger partial charge in [-0.2, -0.15) is 0 Å². The molecule has 0 saturated carbocycles. The van der Waals surface area contributed by atoms with Crippen LogP contribution in [0.5, 0.6) is 0 Å². The Morgan fingerprint density at radius 2 is 1.36 bits per heavy atom. The molecule has 0 aliphatic rings. The summed E-state index contributed by atoms with van der Waals surface area (Å²) in [5, 5.41) is 13.2. The maximum absolute atomic E-state index is 11.1. The summed E-state index contributed by atoms with van der Waals surface area (Å²) < 4.78 is 0. The summed E-state index contributed by atoms with van der Waals surface area (Å²) >= 11 is 0. The Hall–Kier alpha value is -4.00. The first kappa shape index (κ1) is 16.2. The van der Waals surface area contributed by atoms with Gasteiger partial charge in [0.2, 0.25) is 0 Å². The van der Waals surface area contributed by atoms with Crippen LogP contribution >= 0.6 is 0 Å². The van der Waals surface area contributed by atoms with Crippen LogP contribution in [-0.4, -0.2) is 24.9 Å². The summed E-state index contributed by atoms with van der Waals surface area (Å²) in [4.78, 5) is 25.6. The first-order valence-corrected chi connectivity index (χ1v) is 8.79. The van der Waals surface area contributed by atoms with Crippen molar-refractivity contribution in [3.8, 4) is 0 Å². The van der Waals surface area contributed by atoms with Crippen molar-refractivity contribution in [1.29, 1.82) is 0 Å². The molecule has 0 bridgehead atoms. The Morgan fingerprint density at radius 1 is 0.821 bits per heavy atom. The van der Waals surface area contributed by atoms with Crippen molar-refractivity contribution >= 4 is 27.5 Å². The topological polar surface area (TPSA) is 100 Å². The summed E-state index contributed by atoms with van der Waals surface area (Å²) in [6.07, 6.45) is 11.1. The SMILES string of the molecule is O=[N+]([O-])c1ccc(C(c2c[nH]c3cnccc23)c2c[nH]c3cnccc23)cc1. The highest BCUT2D eigenvalue weighted by Gasteiger charge is 2.23. The Kier molecular flexibility index (Phi) is 3.65. The van der Waals surface area contributed by atoms with E-state index in [1.165, 1.54) is 0 Å². The zero-order chi connectivity index (χ0) is 19.1. The van der Waals surface area contributed by atoms with Gasteiger partial charge in [0.05, 0.1) is 28.4 Å². The minimum atomic E-state index is -0.381. The molecular formula is C21H15N5O2. The highest BCUT2D eigenvalue weighted by molar-refractivity contribution is 5.88. The highest BCUT2D eigenvalue weighted by Crippen LogP contribution is 2.39. The second kappa shape index (κ2) is 6.31. The summed E-state index contributed by atoms with van der Waals surface area (Å²) in [5.41, 5.74) is 5.12. The Morgan fingerprint density at radius 3 is 1.86 bits per heavy atom. The number of aromatic amines is 2. The van der Waals surface area contributed by atoms with E-state index in [1.54, 1.807) is 36.9 Å². The lowest BCUT2D eigenvalue weighted by Crippen LogP contribution is -2.03. The molecule has 0 atom stereocenters. The van der Waals surface area contributed by atoms with E-state index in [-0.39, 0.29) is 16.5 Å². The number of fused-ring (bicyclic) bond motifs is 2. The molecule has 2 N–H and O–H groups in total. The van der Waals surface area contributed by atoms with Crippen molar-refractivity contribution in [2.75, 3.05) is 0 Å². The van der Waals surface area contributed by atoms with Gasteiger partial charge in [-0.25, -0.2) is 0 Å². The second-order valence-electron chi connectivity index (χ2n) is 6.61. The lowest BCUT2D eigenvalue weighted by molar-refractivity contribution is -0.384. The summed E-state index contributed by atoms with van der Waals surface area (Å²) in [7, 11) is 0. The Balaban J connectivity index is 1.76. The van der Waals surface area contributed by atoms with Crippen LogP contribution in [0.4, 0.5) is 5.69 Å². The van der Waals surface area contributed by atoms with Crippen molar-refractivity contribution in [2.45, 2.75) is 5.92 Å².